The van der Waals surface area contributed by atoms with Gasteiger partial charge < -0.3 is 10.3 Å². The molecule has 0 bridgehead atoms. The molecule has 6 heteroatoms. The van der Waals surface area contributed by atoms with E-state index in [1.54, 1.807) is 19.1 Å². The maximum atomic E-state index is 13.9. The fourth-order valence-corrected chi connectivity index (χ4v) is 1.59. The van der Waals surface area contributed by atoms with Gasteiger partial charge in [0.25, 0.3) is 0 Å². The smallest absolute Gasteiger partial charge is 0.240 e. The number of benzene rings is 1. The van der Waals surface area contributed by atoms with Gasteiger partial charge in [-0.3, -0.25) is 0 Å². The molecule has 2 N–H and O–H groups in total. The standard InChI is InChI=1S/C10H9BrFN3O/c1-5-7(11)3-2-6(9(5)12)10-14-8(4-13)16-15-10/h2-3H,4,13H2,1H3. The molecule has 0 aliphatic rings. The lowest BCUT2D eigenvalue weighted by atomic mass is 10.1. The van der Waals surface area contributed by atoms with Gasteiger partial charge in [-0.05, 0) is 24.6 Å². The largest absolute Gasteiger partial charge is 0.338 e. The van der Waals surface area contributed by atoms with E-state index < -0.39 is 0 Å². The molecule has 1 aromatic heterocycles. The monoisotopic (exact) mass is 285 g/mol. The minimum atomic E-state index is -0.362. The van der Waals surface area contributed by atoms with Crippen LogP contribution in [0.25, 0.3) is 11.4 Å². The molecular formula is C10H9BrFN3O. The molecule has 1 aromatic carbocycles. The Kier molecular flexibility index (Phi) is 3.02. The third kappa shape index (κ3) is 1.85. The molecule has 2 aromatic rings. The van der Waals surface area contributed by atoms with Gasteiger partial charge in [-0.25, -0.2) is 4.39 Å². The molecule has 2 rings (SSSR count). The Morgan fingerprint density at radius 2 is 2.25 bits per heavy atom. The summed E-state index contributed by atoms with van der Waals surface area (Å²) < 4.78 is 19.4. The van der Waals surface area contributed by atoms with E-state index in [1.807, 2.05) is 0 Å². The van der Waals surface area contributed by atoms with E-state index in [0.29, 0.717) is 15.6 Å². The molecule has 0 saturated heterocycles. The van der Waals surface area contributed by atoms with Crippen LogP contribution in [0.1, 0.15) is 11.5 Å². The zero-order valence-corrected chi connectivity index (χ0v) is 10.1. The first-order chi connectivity index (χ1) is 7.63. The highest BCUT2D eigenvalue weighted by molar-refractivity contribution is 9.10. The molecule has 0 aliphatic carbocycles. The van der Waals surface area contributed by atoms with Crippen molar-refractivity contribution in [1.29, 1.82) is 0 Å². The summed E-state index contributed by atoms with van der Waals surface area (Å²) in [6, 6.07) is 3.34. The minimum absolute atomic E-state index is 0.143. The molecule has 0 radical (unpaired) electrons. The number of halogens is 2. The van der Waals surface area contributed by atoms with Gasteiger partial charge in [-0.1, -0.05) is 21.1 Å². The molecule has 0 fully saturated rings. The van der Waals surface area contributed by atoms with Crippen LogP contribution in [0.5, 0.6) is 0 Å². The number of hydrogen-bond acceptors (Lipinski definition) is 4. The Morgan fingerprint density at radius 3 is 2.88 bits per heavy atom. The highest BCUT2D eigenvalue weighted by atomic mass is 79.9. The summed E-state index contributed by atoms with van der Waals surface area (Å²) in [5.41, 5.74) is 6.16. The molecule has 16 heavy (non-hydrogen) atoms. The summed E-state index contributed by atoms with van der Waals surface area (Å²) in [4.78, 5) is 3.97. The first-order valence-corrected chi connectivity index (χ1v) is 5.40. The van der Waals surface area contributed by atoms with Crippen molar-refractivity contribution in [1.82, 2.24) is 10.1 Å². The van der Waals surface area contributed by atoms with E-state index in [-0.39, 0.29) is 24.1 Å². The first-order valence-electron chi connectivity index (χ1n) is 4.61. The topological polar surface area (TPSA) is 64.9 Å². The molecule has 0 amide bonds. The van der Waals surface area contributed by atoms with E-state index in [2.05, 4.69) is 26.1 Å². The molecular weight excluding hydrogens is 277 g/mol. The number of nitrogens with two attached hydrogens (primary N) is 1. The Morgan fingerprint density at radius 1 is 1.50 bits per heavy atom. The number of rotatable bonds is 2. The van der Waals surface area contributed by atoms with E-state index >= 15 is 0 Å². The highest BCUT2D eigenvalue weighted by Crippen LogP contribution is 2.27. The summed E-state index contributed by atoms with van der Waals surface area (Å²) in [7, 11) is 0. The lowest BCUT2D eigenvalue weighted by Gasteiger charge is -2.03. The van der Waals surface area contributed by atoms with Crippen molar-refractivity contribution in [2.75, 3.05) is 0 Å². The van der Waals surface area contributed by atoms with Crippen molar-refractivity contribution in [2.24, 2.45) is 5.73 Å². The number of nitrogens with zero attached hydrogens (tertiary/aromatic N) is 2. The second-order valence-electron chi connectivity index (χ2n) is 3.25. The van der Waals surface area contributed by atoms with Crippen LogP contribution in [-0.2, 0) is 6.54 Å². The van der Waals surface area contributed by atoms with Gasteiger partial charge in [0.05, 0.1) is 12.1 Å². The van der Waals surface area contributed by atoms with Crippen molar-refractivity contribution in [2.45, 2.75) is 13.5 Å². The van der Waals surface area contributed by atoms with E-state index in [4.69, 9.17) is 10.3 Å². The van der Waals surface area contributed by atoms with Crippen LogP contribution in [-0.4, -0.2) is 10.1 Å². The fourth-order valence-electron chi connectivity index (χ4n) is 1.28. The zero-order chi connectivity index (χ0) is 11.7. The summed E-state index contributed by atoms with van der Waals surface area (Å²) in [5, 5.41) is 3.67. The predicted octanol–water partition coefficient (Wildman–Crippen LogP) is 2.41. The van der Waals surface area contributed by atoms with E-state index in [0.717, 1.165) is 0 Å². The molecule has 0 unspecified atom stereocenters. The molecule has 0 atom stereocenters. The molecule has 0 aliphatic heterocycles. The van der Waals surface area contributed by atoms with Crippen LogP contribution in [0.3, 0.4) is 0 Å². The van der Waals surface area contributed by atoms with Crippen molar-refractivity contribution in [3.63, 3.8) is 0 Å². The van der Waals surface area contributed by atoms with E-state index in [1.165, 1.54) is 0 Å². The second kappa shape index (κ2) is 4.31. The van der Waals surface area contributed by atoms with Gasteiger partial charge in [0, 0.05) is 4.47 Å². The van der Waals surface area contributed by atoms with Crippen LogP contribution in [0.2, 0.25) is 0 Å². The van der Waals surface area contributed by atoms with Gasteiger partial charge in [0.15, 0.2) is 0 Å². The van der Waals surface area contributed by atoms with Crippen molar-refractivity contribution in [3.05, 3.63) is 33.9 Å². The Labute approximate surface area is 99.8 Å². The average molecular weight is 286 g/mol. The summed E-state index contributed by atoms with van der Waals surface area (Å²) in [5.74, 6) is 0.141. The van der Waals surface area contributed by atoms with E-state index in [9.17, 15) is 4.39 Å². The third-order valence-electron chi connectivity index (χ3n) is 2.20. The maximum Gasteiger partial charge on any atom is 0.240 e. The van der Waals surface area contributed by atoms with Gasteiger partial charge in [-0.2, -0.15) is 4.98 Å². The highest BCUT2D eigenvalue weighted by Gasteiger charge is 2.15. The third-order valence-corrected chi connectivity index (χ3v) is 3.06. The lowest BCUT2D eigenvalue weighted by Crippen LogP contribution is -1.96. The quantitative estimate of drug-likeness (QED) is 0.920. The fraction of sp³-hybridized carbons (Fsp3) is 0.200. The van der Waals surface area contributed by atoms with Crippen LogP contribution < -0.4 is 5.73 Å². The Balaban J connectivity index is 2.52. The molecule has 84 valence electrons. The van der Waals surface area contributed by atoms with Gasteiger partial charge >= 0.3 is 0 Å². The van der Waals surface area contributed by atoms with Crippen LogP contribution in [0.15, 0.2) is 21.1 Å². The lowest BCUT2D eigenvalue weighted by molar-refractivity contribution is 0.380. The number of hydrogen-bond donors (Lipinski definition) is 1. The SMILES string of the molecule is Cc1c(Br)ccc(-c2noc(CN)n2)c1F. The minimum Gasteiger partial charge on any atom is -0.338 e. The predicted molar refractivity (Wildman–Crippen MR) is 60.0 cm³/mol. The van der Waals surface area contributed by atoms with Crippen LogP contribution >= 0.6 is 15.9 Å². The van der Waals surface area contributed by atoms with Crippen molar-refractivity contribution in [3.8, 4) is 11.4 Å². The number of aromatic nitrogens is 2. The normalized spacial score (nSPS) is 10.8. The van der Waals surface area contributed by atoms with Crippen LogP contribution in [0.4, 0.5) is 4.39 Å². The molecule has 1 heterocycles. The van der Waals surface area contributed by atoms with Crippen LogP contribution in [0, 0.1) is 12.7 Å². The van der Waals surface area contributed by atoms with Gasteiger partial charge in [0.2, 0.25) is 11.7 Å². The molecule has 0 spiro atoms. The van der Waals surface area contributed by atoms with Crippen molar-refractivity contribution >= 4 is 15.9 Å². The molecule has 0 saturated carbocycles. The summed E-state index contributed by atoms with van der Waals surface area (Å²) >= 11 is 3.25. The maximum absolute atomic E-state index is 13.9. The summed E-state index contributed by atoms with van der Waals surface area (Å²) in [6.07, 6.45) is 0. The molecule has 4 nitrogen and oxygen atoms in total. The summed E-state index contributed by atoms with van der Waals surface area (Å²) in [6.45, 7) is 1.82. The van der Waals surface area contributed by atoms with Gasteiger partial charge in [0.1, 0.15) is 5.82 Å². The second-order valence-corrected chi connectivity index (χ2v) is 4.10. The van der Waals surface area contributed by atoms with Gasteiger partial charge in [-0.15, -0.1) is 0 Å². The first kappa shape index (κ1) is 11.2. The Hall–Kier alpha value is -1.27. The Bertz CT molecular complexity index is 527. The van der Waals surface area contributed by atoms with Crippen molar-refractivity contribution < 1.29 is 8.91 Å². The zero-order valence-electron chi connectivity index (χ0n) is 8.50. The average Bonchev–Trinajstić information content (AvgIpc) is 2.74.